The van der Waals surface area contributed by atoms with Gasteiger partial charge in [0.1, 0.15) is 5.67 Å². The first-order valence-corrected chi connectivity index (χ1v) is 8.72. The van der Waals surface area contributed by atoms with Gasteiger partial charge >= 0.3 is 0 Å². The van der Waals surface area contributed by atoms with Crippen LogP contribution >= 0.6 is 0 Å². The lowest BCUT2D eigenvalue weighted by atomic mass is 9.96. The second-order valence-corrected chi connectivity index (χ2v) is 7.42. The maximum absolute atomic E-state index is 13.9. The van der Waals surface area contributed by atoms with Gasteiger partial charge in [-0.15, -0.1) is 0 Å². The fraction of sp³-hybridized carbons (Fsp3) is 0.429. The van der Waals surface area contributed by atoms with E-state index in [1.165, 1.54) is 22.3 Å². The topological polar surface area (TPSA) is 97.8 Å². The van der Waals surface area contributed by atoms with Gasteiger partial charge in [-0.1, -0.05) is 6.07 Å². The van der Waals surface area contributed by atoms with Crippen molar-refractivity contribution in [3.63, 3.8) is 0 Å². The van der Waals surface area contributed by atoms with E-state index in [-0.39, 0.29) is 42.3 Å². The molecule has 9 heteroatoms. The number of aromatic nitrogens is 2. The van der Waals surface area contributed by atoms with Crippen LogP contribution in [0.5, 0.6) is 0 Å². The lowest BCUT2D eigenvalue weighted by Gasteiger charge is -2.33. The Morgan fingerprint density at radius 2 is 2.00 bits per heavy atom. The Bertz CT molecular complexity index is 865. The lowest BCUT2D eigenvalue weighted by Crippen LogP contribution is -2.43. The van der Waals surface area contributed by atoms with E-state index in [4.69, 9.17) is 5.14 Å². The third-order valence-electron chi connectivity index (χ3n) is 4.07. The summed E-state index contributed by atoms with van der Waals surface area (Å²) in [7, 11) is -4.05. The van der Waals surface area contributed by atoms with E-state index in [9.17, 15) is 17.6 Å². The van der Waals surface area contributed by atoms with Crippen LogP contribution in [0.4, 0.5) is 4.39 Å². The smallest absolute Gasteiger partial charge is 0.290 e. The molecule has 2 N–H and O–H groups in total. The highest BCUT2D eigenvalue weighted by molar-refractivity contribution is 7.89. The molecule has 0 saturated carbocycles. The van der Waals surface area contributed by atoms with Gasteiger partial charge < -0.3 is 4.90 Å². The van der Waals surface area contributed by atoms with Crippen LogP contribution in [0.1, 0.15) is 30.4 Å². The summed E-state index contributed by atoms with van der Waals surface area (Å²) in [5, 5.41) is 4.83. The summed E-state index contributed by atoms with van der Waals surface area (Å²) in [4.78, 5) is 18.1. The van der Waals surface area contributed by atoms with Gasteiger partial charge in [-0.3, -0.25) is 9.20 Å². The Morgan fingerprint density at radius 3 is 2.61 bits per heavy atom. The van der Waals surface area contributed by atoms with Crippen LogP contribution in [0.3, 0.4) is 0 Å². The number of hydrogen-bond acceptors (Lipinski definition) is 4. The van der Waals surface area contributed by atoms with Crippen molar-refractivity contribution in [1.82, 2.24) is 14.3 Å². The summed E-state index contributed by atoms with van der Waals surface area (Å²) in [5.74, 6) is -0.469. The number of pyridine rings is 1. The Morgan fingerprint density at radius 1 is 1.35 bits per heavy atom. The van der Waals surface area contributed by atoms with E-state index in [0.717, 1.165) is 0 Å². The molecule has 0 bridgehead atoms. The van der Waals surface area contributed by atoms with Crippen molar-refractivity contribution in [1.29, 1.82) is 0 Å². The van der Waals surface area contributed by atoms with Crippen LogP contribution in [0.2, 0.25) is 0 Å². The number of amides is 1. The Labute approximate surface area is 133 Å². The summed E-state index contributed by atoms with van der Waals surface area (Å²) < 4.78 is 38.6. The number of hydrogen-bond donors (Lipinski definition) is 1. The number of nitrogens with two attached hydrogens (primary N) is 1. The van der Waals surface area contributed by atoms with Crippen molar-refractivity contribution in [2.24, 2.45) is 5.14 Å². The second-order valence-electron chi connectivity index (χ2n) is 5.95. The third kappa shape index (κ3) is 2.93. The number of primary sulfonamides is 1. The molecule has 3 heterocycles. The number of sulfonamides is 1. The van der Waals surface area contributed by atoms with E-state index >= 15 is 0 Å². The molecule has 0 atom stereocenters. The van der Waals surface area contributed by atoms with Gasteiger partial charge in [-0.05, 0) is 31.9 Å². The molecule has 1 saturated heterocycles. The second kappa shape index (κ2) is 5.27. The van der Waals surface area contributed by atoms with E-state index in [1.807, 2.05) is 0 Å². The van der Waals surface area contributed by atoms with Crippen LogP contribution in [0, 0.1) is 0 Å². The summed E-state index contributed by atoms with van der Waals surface area (Å²) in [6, 6.07) is 4.82. The minimum absolute atomic E-state index is 0.0351. The molecule has 3 rings (SSSR count). The number of fused-ring (bicyclic) bond motifs is 1. The Balaban J connectivity index is 2.02. The molecule has 1 aliphatic rings. The predicted octanol–water partition coefficient (Wildman–Crippen LogP) is 0.946. The first-order valence-electron chi connectivity index (χ1n) is 7.17. The highest BCUT2D eigenvalue weighted by Crippen LogP contribution is 2.27. The maximum Gasteiger partial charge on any atom is 0.290 e. The molecule has 0 unspecified atom stereocenters. The van der Waals surface area contributed by atoms with Gasteiger partial charge in [0.15, 0.2) is 5.03 Å². The number of likely N-dealkylation sites (tertiary alicyclic amines) is 1. The monoisotopic (exact) mass is 340 g/mol. The van der Waals surface area contributed by atoms with Crippen LogP contribution in [-0.2, 0) is 10.0 Å². The molecule has 7 nitrogen and oxygen atoms in total. The number of nitrogens with zero attached hydrogens (tertiary/aromatic N) is 3. The van der Waals surface area contributed by atoms with Gasteiger partial charge in [-0.25, -0.2) is 22.9 Å². The first-order chi connectivity index (χ1) is 10.7. The van der Waals surface area contributed by atoms with Gasteiger partial charge in [0.05, 0.1) is 5.52 Å². The van der Waals surface area contributed by atoms with Crippen LogP contribution in [0.25, 0.3) is 5.52 Å². The fourth-order valence-electron chi connectivity index (χ4n) is 2.69. The third-order valence-corrected chi connectivity index (χ3v) is 4.91. The molecular formula is C14H17FN4O3S. The molecule has 0 spiro atoms. The van der Waals surface area contributed by atoms with Gasteiger partial charge in [0.25, 0.3) is 15.9 Å². The van der Waals surface area contributed by atoms with E-state index in [2.05, 4.69) is 4.98 Å². The largest absolute Gasteiger partial charge is 0.336 e. The minimum Gasteiger partial charge on any atom is -0.336 e. The van der Waals surface area contributed by atoms with E-state index in [0.29, 0.717) is 0 Å². The molecule has 124 valence electrons. The summed E-state index contributed by atoms with van der Waals surface area (Å²) in [6.07, 6.45) is 2.03. The van der Waals surface area contributed by atoms with E-state index < -0.39 is 21.6 Å². The molecule has 0 aromatic carbocycles. The standard InChI is InChI=1S/C14H17FN4O3S/c1-14(15)5-8-18(9-6-14)13(20)11-17-12(23(16,21)22)10-4-2-3-7-19(10)11/h2-4,7H,5-6,8-9H2,1H3,(H2,16,21,22). The van der Waals surface area contributed by atoms with Crippen LogP contribution < -0.4 is 5.14 Å². The number of imidazole rings is 1. The fourth-order valence-corrected chi connectivity index (χ4v) is 3.36. The van der Waals surface area contributed by atoms with Gasteiger partial charge in [0.2, 0.25) is 5.82 Å². The van der Waals surface area contributed by atoms with E-state index in [1.54, 1.807) is 18.3 Å². The van der Waals surface area contributed by atoms with Crippen molar-refractivity contribution in [2.75, 3.05) is 13.1 Å². The average Bonchev–Trinajstić information content (AvgIpc) is 2.86. The maximum atomic E-state index is 13.9. The number of carbonyl (C=O) groups excluding carboxylic acids is 1. The number of halogens is 1. The molecule has 0 aliphatic carbocycles. The number of rotatable bonds is 2. The zero-order valence-corrected chi connectivity index (χ0v) is 13.4. The van der Waals surface area contributed by atoms with Crippen molar-refractivity contribution in [2.45, 2.75) is 30.5 Å². The number of carbonyl (C=O) groups is 1. The molecule has 2 aromatic heterocycles. The summed E-state index contributed by atoms with van der Waals surface area (Å²) >= 11 is 0. The molecule has 2 aromatic rings. The van der Waals surface area contributed by atoms with Crippen molar-refractivity contribution < 1.29 is 17.6 Å². The molecule has 1 fully saturated rings. The SMILES string of the molecule is CC1(F)CCN(C(=O)c2nc(S(N)(=O)=O)c3ccccn23)CC1. The predicted molar refractivity (Wildman–Crippen MR) is 81.2 cm³/mol. The Kier molecular flexibility index (Phi) is 3.64. The Hall–Kier alpha value is -2.00. The van der Waals surface area contributed by atoms with Crippen molar-refractivity contribution in [3.8, 4) is 0 Å². The molecule has 0 radical (unpaired) electrons. The molecule has 1 aliphatic heterocycles. The lowest BCUT2D eigenvalue weighted by molar-refractivity contribution is 0.0493. The first kappa shape index (κ1) is 15.9. The minimum atomic E-state index is -4.05. The van der Waals surface area contributed by atoms with Gasteiger partial charge in [-0.2, -0.15) is 0 Å². The molecular weight excluding hydrogens is 323 g/mol. The molecule has 23 heavy (non-hydrogen) atoms. The highest BCUT2D eigenvalue weighted by Gasteiger charge is 2.34. The summed E-state index contributed by atoms with van der Waals surface area (Å²) in [5.41, 5.74) is -1.04. The number of alkyl halides is 1. The molecule has 1 amide bonds. The quantitative estimate of drug-likeness (QED) is 0.880. The van der Waals surface area contributed by atoms with Crippen LogP contribution in [-0.4, -0.2) is 47.4 Å². The zero-order valence-electron chi connectivity index (χ0n) is 12.6. The normalized spacial score (nSPS) is 18.3. The average molecular weight is 340 g/mol. The number of piperidine rings is 1. The van der Waals surface area contributed by atoms with Gasteiger partial charge in [0, 0.05) is 19.3 Å². The van der Waals surface area contributed by atoms with Crippen LogP contribution in [0.15, 0.2) is 29.4 Å². The highest BCUT2D eigenvalue weighted by atomic mass is 32.2. The summed E-state index contributed by atoms with van der Waals surface area (Å²) in [6.45, 7) is 2.04. The van der Waals surface area contributed by atoms with Crippen molar-refractivity contribution in [3.05, 3.63) is 30.2 Å². The zero-order chi connectivity index (χ0) is 16.8. The van der Waals surface area contributed by atoms with Crippen molar-refractivity contribution >= 4 is 21.4 Å².